The highest BCUT2D eigenvalue weighted by molar-refractivity contribution is 6.05. The topological polar surface area (TPSA) is 75.4 Å². The first kappa shape index (κ1) is 18.1. The third-order valence-electron chi connectivity index (χ3n) is 4.81. The fourth-order valence-electron chi connectivity index (χ4n) is 3.08. The van der Waals surface area contributed by atoms with Gasteiger partial charge in [0, 0.05) is 29.9 Å². The summed E-state index contributed by atoms with van der Waals surface area (Å²) in [6, 6.07) is 12.1. The monoisotopic (exact) mass is 355 g/mol. The normalized spacial score (nSPS) is 19.4. The molecule has 0 saturated carbocycles. The second kappa shape index (κ2) is 7.25. The number of likely N-dealkylation sites (tertiary alicyclic amines) is 1. The van der Waals surface area contributed by atoms with Gasteiger partial charge in [0.05, 0.1) is 0 Å². The van der Waals surface area contributed by atoms with E-state index in [4.69, 9.17) is 5.73 Å². The van der Waals surface area contributed by atoms with Gasteiger partial charge >= 0.3 is 0 Å². The minimum absolute atomic E-state index is 0.0376. The van der Waals surface area contributed by atoms with E-state index in [1.807, 2.05) is 0 Å². The molecule has 136 valence electrons. The zero-order valence-electron chi connectivity index (χ0n) is 14.7. The summed E-state index contributed by atoms with van der Waals surface area (Å²) < 4.78 is 13.0. The largest absolute Gasteiger partial charge is 0.338 e. The van der Waals surface area contributed by atoms with Crippen molar-refractivity contribution in [3.05, 3.63) is 65.5 Å². The summed E-state index contributed by atoms with van der Waals surface area (Å²) in [5.74, 6) is -0.823. The van der Waals surface area contributed by atoms with Crippen LogP contribution >= 0.6 is 0 Å². The van der Waals surface area contributed by atoms with E-state index in [9.17, 15) is 14.0 Å². The molecule has 6 heteroatoms. The molecular weight excluding hydrogens is 333 g/mol. The van der Waals surface area contributed by atoms with Gasteiger partial charge in [-0.25, -0.2) is 4.39 Å². The van der Waals surface area contributed by atoms with E-state index in [0.717, 1.165) is 6.42 Å². The van der Waals surface area contributed by atoms with Gasteiger partial charge in [-0.1, -0.05) is 13.0 Å². The number of carbonyl (C=O) groups is 2. The van der Waals surface area contributed by atoms with Gasteiger partial charge in [0.15, 0.2) is 0 Å². The maximum Gasteiger partial charge on any atom is 0.255 e. The van der Waals surface area contributed by atoms with Crippen LogP contribution in [0.25, 0.3) is 0 Å². The lowest BCUT2D eigenvalue weighted by Gasteiger charge is -2.22. The second-order valence-corrected chi connectivity index (χ2v) is 7.03. The van der Waals surface area contributed by atoms with Crippen LogP contribution < -0.4 is 11.1 Å². The molecule has 5 nitrogen and oxygen atoms in total. The predicted molar refractivity (Wildman–Crippen MR) is 98.5 cm³/mol. The molecule has 1 heterocycles. The van der Waals surface area contributed by atoms with Crippen LogP contribution in [0.15, 0.2) is 48.5 Å². The van der Waals surface area contributed by atoms with Crippen molar-refractivity contribution in [2.45, 2.75) is 13.3 Å². The number of amides is 2. The molecule has 2 amide bonds. The van der Waals surface area contributed by atoms with Crippen LogP contribution in [0.2, 0.25) is 0 Å². The highest BCUT2D eigenvalue weighted by atomic mass is 19.1. The molecule has 26 heavy (non-hydrogen) atoms. The van der Waals surface area contributed by atoms with E-state index in [1.54, 1.807) is 29.2 Å². The standard InChI is InChI=1S/C20H22FN3O2/c1-20(12-22)9-10-24(13-20)19(26)15-3-2-4-17(11-15)23-18(25)14-5-7-16(21)8-6-14/h2-8,11H,9-10,12-13,22H2,1H3,(H,23,25). The molecule has 0 bridgehead atoms. The first-order valence-electron chi connectivity index (χ1n) is 8.56. The van der Waals surface area contributed by atoms with Crippen molar-refractivity contribution in [1.82, 2.24) is 4.90 Å². The molecule has 1 saturated heterocycles. The van der Waals surface area contributed by atoms with Crippen molar-refractivity contribution in [2.24, 2.45) is 11.1 Å². The molecule has 1 aliphatic rings. The second-order valence-electron chi connectivity index (χ2n) is 7.03. The van der Waals surface area contributed by atoms with Gasteiger partial charge < -0.3 is 16.0 Å². The Balaban J connectivity index is 1.71. The Morgan fingerprint density at radius 1 is 1.19 bits per heavy atom. The van der Waals surface area contributed by atoms with Crippen LogP contribution in [-0.4, -0.2) is 36.3 Å². The summed E-state index contributed by atoms with van der Waals surface area (Å²) in [6.07, 6.45) is 0.885. The van der Waals surface area contributed by atoms with Crippen LogP contribution in [0.4, 0.5) is 10.1 Å². The zero-order valence-corrected chi connectivity index (χ0v) is 14.7. The van der Waals surface area contributed by atoms with Crippen LogP contribution in [0, 0.1) is 11.2 Å². The summed E-state index contributed by atoms with van der Waals surface area (Å²) in [5.41, 5.74) is 7.15. The van der Waals surface area contributed by atoms with E-state index in [-0.39, 0.29) is 17.2 Å². The van der Waals surface area contributed by atoms with Crippen molar-refractivity contribution in [2.75, 3.05) is 25.0 Å². The van der Waals surface area contributed by atoms with Crippen molar-refractivity contribution in [3.8, 4) is 0 Å². The molecule has 0 radical (unpaired) electrons. The van der Waals surface area contributed by atoms with Gasteiger partial charge in [-0.3, -0.25) is 9.59 Å². The van der Waals surface area contributed by atoms with Gasteiger partial charge in [0.1, 0.15) is 5.82 Å². The highest BCUT2D eigenvalue weighted by Crippen LogP contribution is 2.29. The van der Waals surface area contributed by atoms with Crippen molar-refractivity contribution in [1.29, 1.82) is 0 Å². The average molecular weight is 355 g/mol. The molecule has 3 N–H and O–H groups in total. The smallest absolute Gasteiger partial charge is 0.255 e. The highest BCUT2D eigenvalue weighted by Gasteiger charge is 2.35. The van der Waals surface area contributed by atoms with E-state index >= 15 is 0 Å². The van der Waals surface area contributed by atoms with Gasteiger partial charge in [0.25, 0.3) is 11.8 Å². The Hall–Kier alpha value is -2.73. The lowest BCUT2D eigenvalue weighted by Crippen LogP contribution is -2.34. The van der Waals surface area contributed by atoms with Gasteiger partial charge in [-0.2, -0.15) is 0 Å². The SMILES string of the molecule is CC1(CN)CCN(C(=O)c2cccc(NC(=O)c3ccc(F)cc3)c2)C1. The number of hydrogen-bond acceptors (Lipinski definition) is 3. The zero-order chi connectivity index (χ0) is 18.7. The van der Waals surface area contributed by atoms with Gasteiger partial charge in [-0.15, -0.1) is 0 Å². The molecule has 0 spiro atoms. The molecule has 2 aromatic rings. The average Bonchev–Trinajstić information content (AvgIpc) is 3.05. The molecule has 0 aromatic heterocycles. The van der Waals surface area contributed by atoms with Crippen LogP contribution in [0.1, 0.15) is 34.1 Å². The lowest BCUT2D eigenvalue weighted by molar-refractivity contribution is 0.0776. The minimum atomic E-state index is -0.399. The Bertz CT molecular complexity index is 822. The number of halogens is 1. The number of rotatable bonds is 4. The number of nitrogens with two attached hydrogens (primary N) is 1. The minimum Gasteiger partial charge on any atom is -0.338 e. The fraction of sp³-hybridized carbons (Fsp3) is 0.300. The van der Waals surface area contributed by atoms with Gasteiger partial charge in [0.2, 0.25) is 0 Å². The van der Waals surface area contributed by atoms with E-state index in [1.165, 1.54) is 24.3 Å². The summed E-state index contributed by atoms with van der Waals surface area (Å²) in [6.45, 7) is 3.94. The summed E-state index contributed by atoms with van der Waals surface area (Å²) >= 11 is 0. The first-order chi connectivity index (χ1) is 12.4. The van der Waals surface area contributed by atoms with Crippen LogP contribution in [0.5, 0.6) is 0 Å². The number of benzene rings is 2. The fourth-order valence-corrected chi connectivity index (χ4v) is 3.08. The lowest BCUT2D eigenvalue weighted by atomic mass is 9.90. The third-order valence-corrected chi connectivity index (χ3v) is 4.81. The molecule has 0 aliphatic carbocycles. The van der Waals surface area contributed by atoms with Crippen LogP contribution in [0.3, 0.4) is 0 Å². The van der Waals surface area contributed by atoms with Crippen LogP contribution in [-0.2, 0) is 0 Å². The summed E-state index contributed by atoms with van der Waals surface area (Å²) in [5, 5.41) is 2.74. The number of hydrogen-bond donors (Lipinski definition) is 2. The third kappa shape index (κ3) is 3.91. The maximum absolute atomic E-state index is 13.0. The van der Waals surface area contributed by atoms with E-state index in [2.05, 4.69) is 12.2 Å². The summed E-state index contributed by atoms with van der Waals surface area (Å²) in [4.78, 5) is 26.8. The van der Waals surface area contributed by atoms with Gasteiger partial charge in [-0.05, 0) is 60.8 Å². The van der Waals surface area contributed by atoms with Crippen molar-refractivity contribution in [3.63, 3.8) is 0 Å². The first-order valence-corrected chi connectivity index (χ1v) is 8.56. The van der Waals surface area contributed by atoms with E-state index in [0.29, 0.717) is 36.4 Å². The van der Waals surface area contributed by atoms with Crippen molar-refractivity contribution >= 4 is 17.5 Å². The Labute approximate surface area is 152 Å². The Kier molecular flexibility index (Phi) is 5.04. The molecular formula is C20H22FN3O2. The molecule has 1 atom stereocenters. The number of carbonyl (C=O) groups excluding carboxylic acids is 2. The number of nitrogens with one attached hydrogen (secondary N) is 1. The maximum atomic E-state index is 13.0. The summed E-state index contributed by atoms with van der Waals surface area (Å²) in [7, 11) is 0. The molecule has 2 aromatic carbocycles. The Morgan fingerprint density at radius 2 is 1.92 bits per heavy atom. The number of nitrogens with zero attached hydrogens (tertiary/aromatic N) is 1. The van der Waals surface area contributed by atoms with E-state index < -0.39 is 5.82 Å². The number of anilines is 1. The Morgan fingerprint density at radius 3 is 2.58 bits per heavy atom. The quantitative estimate of drug-likeness (QED) is 0.885. The molecule has 3 rings (SSSR count). The molecule has 1 unspecified atom stereocenters. The molecule has 1 aliphatic heterocycles. The molecule has 1 fully saturated rings. The predicted octanol–water partition coefficient (Wildman–Crippen LogP) is 2.89. The van der Waals surface area contributed by atoms with Crippen molar-refractivity contribution < 1.29 is 14.0 Å².